The van der Waals surface area contributed by atoms with E-state index in [0.717, 1.165) is 28.0 Å². The molecule has 1 heterocycles. The number of methoxy groups -OCH3 is 1. The quantitative estimate of drug-likeness (QED) is 0.639. The Balaban J connectivity index is 1.79. The molecule has 1 N–H and O–H groups in total. The van der Waals surface area contributed by atoms with Gasteiger partial charge in [0, 0.05) is 0 Å². The van der Waals surface area contributed by atoms with Crippen LogP contribution < -0.4 is 10.1 Å². The van der Waals surface area contributed by atoms with Crippen LogP contribution in [0.3, 0.4) is 0 Å². The van der Waals surface area contributed by atoms with Crippen molar-refractivity contribution in [3.63, 3.8) is 0 Å². The number of hydrogen-bond donors (Lipinski definition) is 1. The van der Waals surface area contributed by atoms with E-state index >= 15 is 0 Å². The molecule has 0 radical (unpaired) electrons. The van der Waals surface area contributed by atoms with E-state index in [0.29, 0.717) is 0 Å². The maximum Gasteiger partial charge on any atom is 0.326 e. The molecule has 5 nitrogen and oxygen atoms in total. The molecule has 30 heavy (non-hydrogen) atoms. The second kappa shape index (κ2) is 7.67. The van der Waals surface area contributed by atoms with Crippen LogP contribution in [0.4, 0.5) is 4.79 Å². The molecular weight excluding hydrogens is 376 g/mol. The van der Waals surface area contributed by atoms with Gasteiger partial charge in [-0.05, 0) is 48.2 Å². The van der Waals surface area contributed by atoms with Crippen molar-refractivity contribution in [1.29, 1.82) is 0 Å². The Morgan fingerprint density at radius 3 is 1.97 bits per heavy atom. The van der Waals surface area contributed by atoms with Crippen molar-refractivity contribution >= 4 is 11.9 Å². The van der Waals surface area contributed by atoms with Crippen LogP contribution in [-0.4, -0.2) is 23.9 Å². The number of carbonyl (C=O) groups excluding carboxylic acids is 2. The highest BCUT2D eigenvalue weighted by molar-refractivity contribution is 6.08. The first-order chi connectivity index (χ1) is 14.5. The number of carbonyl (C=O) groups is 2. The number of rotatable bonds is 5. The average molecular weight is 400 g/mol. The number of ether oxygens (including phenoxy) is 1. The van der Waals surface area contributed by atoms with Crippen molar-refractivity contribution in [1.82, 2.24) is 10.2 Å². The van der Waals surface area contributed by atoms with Gasteiger partial charge in [0.25, 0.3) is 5.91 Å². The van der Waals surface area contributed by atoms with Gasteiger partial charge in [-0.2, -0.15) is 0 Å². The van der Waals surface area contributed by atoms with E-state index in [4.69, 9.17) is 4.74 Å². The Labute approximate surface area is 176 Å². The van der Waals surface area contributed by atoms with Crippen LogP contribution in [0.15, 0.2) is 78.9 Å². The van der Waals surface area contributed by atoms with Gasteiger partial charge in [-0.1, -0.05) is 66.7 Å². The number of aryl methyl sites for hydroxylation is 1. The molecule has 3 aromatic rings. The zero-order valence-electron chi connectivity index (χ0n) is 17.3. The predicted octanol–water partition coefficient (Wildman–Crippen LogP) is 4.56. The second-order valence-corrected chi connectivity index (χ2v) is 7.64. The Kier molecular flexibility index (Phi) is 5.04. The number of urea groups is 1. The van der Waals surface area contributed by atoms with E-state index in [9.17, 15) is 9.59 Å². The first kappa shape index (κ1) is 19.7. The van der Waals surface area contributed by atoms with Crippen LogP contribution in [-0.2, 0) is 10.3 Å². The normalized spacial score (nSPS) is 18.6. The lowest BCUT2D eigenvalue weighted by Gasteiger charge is -2.28. The Hall–Kier alpha value is -3.60. The molecule has 0 spiro atoms. The van der Waals surface area contributed by atoms with Crippen LogP contribution in [0.2, 0.25) is 0 Å². The van der Waals surface area contributed by atoms with E-state index in [2.05, 4.69) is 5.32 Å². The van der Waals surface area contributed by atoms with Crippen molar-refractivity contribution in [2.45, 2.75) is 25.4 Å². The van der Waals surface area contributed by atoms with Crippen LogP contribution in [0.1, 0.15) is 35.2 Å². The number of nitrogens with one attached hydrogen (secondary N) is 1. The SMILES string of the molecule is COc1ccc(C2(C)NC(=O)N(C(c3ccccc3)c3ccccc3)C2=O)cc1C. The summed E-state index contributed by atoms with van der Waals surface area (Å²) in [6, 6.07) is 23.8. The molecule has 0 saturated carbocycles. The summed E-state index contributed by atoms with van der Waals surface area (Å²) in [4.78, 5) is 28.2. The minimum Gasteiger partial charge on any atom is -0.496 e. The lowest BCUT2D eigenvalue weighted by molar-refractivity contribution is -0.132. The summed E-state index contributed by atoms with van der Waals surface area (Å²) < 4.78 is 5.34. The van der Waals surface area contributed by atoms with Gasteiger partial charge >= 0.3 is 6.03 Å². The van der Waals surface area contributed by atoms with Crippen molar-refractivity contribution in [2.75, 3.05) is 7.11 Å². The molecule has 5 heteroatoms. The average Bonchev–Trinajstić information content (AvgIpc) is 3.00. The fourth-order valence-electron chi connectivity index (χ4n) is 4.04. The molecule has 0 aliphatic carbocycles. The number of hydrogen-bond acceptors (Lipinski definition) is 3. The first-order valence-corrected chi connectivity index (χ1v) is 9.86. The summed E-state index contributed by atoms with van der Waals surface area (Å²) in [7, 11) is 1.61. The van der Waals surface area contributed by atoms with E-state index < -0.39 is 17.6 Å². The molecule has 1 fully saturated rings. The van der Waals surface area contributed by atoms with Gasteiger partial charge in [0.15, 0.2) is 0 Å². The highest BCUT2D eigenvalue weighted by Crippen LogP contribution is 2.38. The standard InChI is InChI=1S/C25H24N2O3/c1-17-16-20(14-15-21(17)30-3)25(2)23(28)27(24(29)26-25)22(18-10-6-4-7-11-18)19-12-8-5-9-13-19/h4-16,22H,1-3H3,(H,26,29). The lowest BCUT2D eigenvalue weighted by atomic mass is 9.89. The highest BCUT2D eigenvalue weighted by atomic mass is 16.5. The summed E-state index contributed by atoms with van der Waals surface area (Å²) in [5.41, 5.74) is 2.22. The molecule has 1 aliphatic heterocycles. The third-order valence-electron chi connectivity index (χ3n) is 5.68. The predicted molar refractivity (Wildman–Crippen MR) is 115 cm³/mol. The largest absolute Gasteiger partial charge is 0.496 e. The first-order valence-electron chi connectivity index (χ1n) is 9.86. The fourth-order valence-corrected chi connectivity index (χ4v) is 4.04. The number of imide groups is 1. The zero-order chi connectivity index (χ0) is 21.3. The van der Waals surface area contributed by atoms with Crippen molar-refractivity contribution in [2.24, 2.45) is 0 Å². The van der Waals surface area contributed by atoms with Gasteiger partial charge in [0.2, 0.25) is 0 Å². The number of benzene rings is 3. The maximum atomic E-state index is 13.7. The monoisotopic (exact) mass is 400 g/mol. The Bertz CT molecular complexity index is 1040. The van der Waals surface area contributed by atoms with E-state index in [1.165, 1.54) is 4.90 Å². The molecule has 1 saturated heterocycles. The maximum absolute atomic E-state index is 13.7. The number of nitrogens with zero attached hydrogens (tertiary/aromatic N) is 1. The molecular formula is C25H24N2O3. The molecule has 3 amide bonds. The van der Waals surface area contributed by atoms with E-state index in [1.54, 1.807) is 14.0 Å². The van der Waals surface area contributed by atoms with Gasteiger partial charge in [-0.3, -0.25) is 9.69 Å². The van der Waals surface area contributed by atoms with Gasteiger partial charge in [0.1, 0.15) is 11.3 Å². The van der Waals surface area contributed by atoms with Crippen LogP contribution in [0.5, 0.6) is 5.75 Å². The smallest absolute Gasteiger partial charge is 0.326 e. The van der Waals surface area contributed by atoms with E-state index in [-0.39, 0.29) is 5.91 Å². The number of amides is 3. The topological polar surface area (TPSA) is 58.6 Å². The van der Waals surface area contributed by atoms with Gasteiger partial charge < -0.3 is 10.1 Å². The van der Waals surface area contributed by atoms with Gasteiger partial charge in [-0.25, -0.2) is 4.79 Å². The molecule has 1 aliphatic rings. The Morgan fingerprint density at radius 2 is 1.47 bits per heavy atom. The van der Waals surface area contributed by atoms with Crippen molar-refractivity contribution in [3.8, 4) is 5.75 Å². The van der Waals surface area contributed by atoms with Gasteiger partial charge in [0.05, 0.1) is 13.2 Å². The highest BCUT2D eigenvalue weighted by Gasteiger charge is 2.52. The molecule has 1 atom stereocenters. The van der Waals surface area contributed by atoms with Crippen LogP contribution >= 0.6 is 0 Å². The third-order valence-corrected chi connectivity index (χ3v) is 5.68. The summed E-state index contributed by atoms with van der Waals surface area (Å²) in [5, 5.41) is 2.93. The molecule has 152 valence electrons. The molecule has 3 aromatic carbocycles. The van der Waals surface area contributed by atoms with Crippen molar-refractivity contribution in [3.05, 3.63) is 101 Å². The molecule has 0 aromatic heterocycles. The molecule has 1 unspecified atom stereocenters. The third kappa shape index (κ3) is 3.22. The fraction of sp³-hybridized carbons (Fsp3) is 0.200. The molecule has 0 bridgehead atoms. The lowest BCUT2D eigenvalue weighted by Crippen LogP contribution is -2.41. The van der Waals surface area contributed by atoms with Crippen molar-refractivity contribution < 1.29 is 14.3 Å². The van der Waals surface area contributed by atoms with Crippen LogP contribution in [0.25, 0.3) is 0 Å². The van der Waals surface area contributed by atoms with Crippen LogP contribution in [0, 0.1) is 6.92 Å². The second-order valence-electron chi connectivity index (χ2n) is 7.64. The summed E-state index contributed by atoms with van der Waals surface area (Å²) >= 11 is 0. The van der Waals surface area contributed by atoms with Gasteiger partial charge in [-0.15, -0.1) is 0 Å². The summed E-state index contributed by atoms with van der Waals surface area (Å²) in [5.74, 6) is 0.456. The summed E-state index contributed by atoms with van der Waals surface area (Å²) in [6.07, 6.45) is 0. The summed E-state index contributed by atoms with van der Waals surface area (Å²) in [6.45, 7) is 3.67. The zero-order valence-corrected chi connectivity index (χ0v) is 17.3. The van der Waals surface area contributed by atoms with E-state index in [1.807, 2.05) is 85.8 Å². The minimum atomic E-state index is -1.16. The minimum absolute atomic E-state index is 0.283. The Morgan fingerprint density at radius 1 is 0.900 bits per heavy atom. The molecule has 4 rings (SSSR count).